The fourth-order valence-electron chi connectivity index (χ4n) is 4.22. The summed E-state index contributed by atoms with van der Waals surface area (Å²) in [5.74, 6) is -1.10. The van der Waals surface area contributed by atoms with Gasteiger partial charge in [0.2, 0.25) is 5.91 Å². The molecular weight excluding hydrogens is 467 g/mol. The van der Waals surface area contributed by atoms with Crippen LogP contribution < -0.4 is 5.73 Å². The minimum absolute atomic E-state index is 0.131. The molecule has 2 amide bonds. The molecule has 1 saturated heterocycles. The van der Waals surface area contributed by atoms with Gasteiger partial charge in [-0.05, 0) is 41.8 Å². The van der Waals surface area contributed by atoms with Crippen LogP contribution in [0.25, 0.3) is 0 Å². The Kier molecular flexibility index (Phi) is 8.73. The molecule has 9 heteroatoms. The third-order valence-electron chi connectivity index (χ3n) is 5.74. The quantitative estimate of drug-likeness (QED) is 0.494. The van der Waals surface area contributed by atoms with Crippen molar-refractivity contribution in [1.82, 2.24) is 4.90 Å². The Balaban J connectivity index is 2.18. The minimum atomic E-state index is -1.16. The van der Waals surface area contributed by atoms with Crippen molar-refractivity contribution >= 4 is 35.0 Å². The van der Waals surface area contributed by atoms with E-state index in [1.807, 2.05) is 13.0 Å². The molecule has 0 radical (unpaired) electrons. The van der Waals surface area contributed by atoms with Gasteiger partial charge in [-0.2, -0.15) is 0 Å². The molecule has 178 valence electrons. The summed E-state index contributed by atoms with van der Waals surface area (Å²) in [5, 5.41) is 20.4. The van der Waals surface area contributed by atoms with Gasteiger partial charge in [0, 0.05) is 16.5 Å². The SMILES string of the molecule is CCCC(C(N)=O)N1C(=O)[C@H](C[C@@H](O)CO)O[C@@H](c2cccc(Cl)c2)[C@H]1c1ccc(Cl)cc1. The van der Waals surface area contributed by atoms with Gasteiger partial charge in [0.1, 0.15) is 18.2 Å². The van der Waals surface area contributed by atoms with E-state index in [1.54, 1.807) is 42.5 Å². The summed E-state index contributed by atoms with van der Waals surface area (Å²) < 4.78 is 6.24. The maximum Gasteiger partial charge on any atom is 0.253 e. The lowest BCUT2D eigenvalue weighted by Crippen LogP contribution is -2.58. The lowest BCUT2D eigenvalue weighted by atomic mass is 9.88. The zero-order chi connectivity index (χ0) is 24.1. The van der Waals surface area contributed by atoms with Crippen LogP contribution in [0.3, 0.4) is 0 Å². The molecule has 0 aromatic heterocycles. The van der Waals surface area contributed by atoms with Gasteiger partial charge >= 0.3 is 0 Å². The molecule has 33 heavy (non-hydrogen) atoms. The fraction of sp³-hybridized carbons (Fsp3) is 0.417. The summed E-state index contributed by atoms with van der Waals surface area (Å²) in [6.45, 7) is 1.38. The molecule has 1 heterocycles. The number of aliphatic hydroxyl groups excluding tert-OH is 2. The Bertz CT molecular complexity index is 972. The summed E-state index contributed by atoms with van der Waals surface area (Å²) >= 11 is 12.3. The molecule has 2 aromatic carbocycles. The van der Waals surface area contributed by atoms with Crippen LogP contribution in [0.5, 0.6) is 0 Å². The smallest absolute Gasteiger partial charge is 0.253 e. The molecule has 4 N–H and O–H groups in total. The van der Waals surface area contributed by atoms with Crippen molar-refractivity contribution in [1.29, 1.82) is 0 Å². The molecule has 1 aliphatic heterocycles. The fourth-order valence-corrected chi connectivity index (χ4v) is 4.54. The molecule has 1 fully saturated rings. The highest BCUT2D eigenvalue weighted by atomic mass is 35.5. The van der Waals surface area contributed by atoms with Crippen LogP contribution in [0.4, 0.5) is 0 Å². The molecule has 1 unspecified atom stereocenters. The summed E-state index contributed by atoms with van der Waals surface area (Å²) in [4.78, 5) is 27.6. The molecule has 0 bridgehead atoms. The number of carbonyl (C=O) groups is 2. The van der Waals surface area contributed by atoms with Gasteiger partial charge in [-0.1, -0.05) is 60.8 Å². The molecule has 0 saturated carbocycles. The van der Waals surface area contributed by atoms with E-state index in [0.29, 0.717) is 34.0 Å². The van der Waals surface area contributed by atoms with E-state index in [2.05, 4.69) is 0 Å². The van der Waals surface area contributed by atoms with Crippen LogP contribution >= 0.6 is 23.2 Å². The number of ether oxygens (including phenoxy) is 1. The molecule has 2 aromatic rings. The first-order chi connectivity index (χ1) is 15.8. The number of nitrogens with two attached hydrogens (primary N) is 1. The van der Waals surface area contributed by atoms with Gasteiger partial charge in [-0.15, -0.1) is 0 Å². The van der Waals surface area contributed by atoms with Crippen LogP contribution in [-0.2, 0) is 14.3 Å². The maximum absolute atomic E-state index is 13.6. The third-order valence-corrected chi connectivity index (χ3v) is 6.23. The Labute approximate surface area is 203 Å². The second-order valence-electron chi connectivity index (χ2n) is 8.12. The highest BCUT2D eigenvalue weighted by Crippen LogP contribution is 2.44. The molecular formula is C24H28Cl2N2O5. The Morgan fingerprint density at radius 2 is 1.85 bits per heavy atom. The van der Waals surface area contributed by atoms with Crippen molar-refractivity contribution in [2.45, 2.75) is 56.6 Å². The Hall–Kier alpha value is -2.16. The van der Waals surface area contributed by atoms with Crippen molar-refractivity contribution in [3.63, 3.8) is 0 Å². The van der Waals surface area contributed by atoms with Gasteiger partial charge in [0.25, 0.3) is 5.91 Å². The topological polar surface area (TPSA) is 113 Å². The summed E-state index contributed by atoms with van der Waals surface area (Å²) in [7, 11) is 0. The average Bonchev–Trinajstić information content (AvgIpc) is 2.79. The van der Waals surface area contributed by atoms with E-state index in [4.69, 9.17) is 33.7 Å². The third kappa shape index (κ3) is 5.86. The van der Waals surface area contributed by atoms with Gasteiger partial charge in [0.15, 0.2) is 0 Å². The average molecular weight is 495 g/mol. The number of carbonyl (C=O) groups excluding carboxylic acids is 2. The summed E-state index contributed by atoms with van der Waals surface area (Å²) in [5.41, 5.74) is 7.16. The second-order valence-corrected chi connectivity index (χ2v) is 8.99. The number of hydrogen-bond donors (Lipinski definition) is 3. The van der Waals surface area contributed by atoms with Crippen molar-refractivity contribution in [2.75, 3.05) is 6.61 Å². The number of amides is 2. The first kappa shape index (κ1) is 25.5. The van der Waals surface area contributed by atoms with Crippen LogP contribution in [-0.4, -0.2) is 51.8 Å². The minimum Gasteiger partial charge on any atom is -0.394 e. The summed E-state index contributed by atoms with van der Waals surface area (Å²) in [6, 6.07) is 12.4. The number of rotatable bonds is 9. The van der Waals surface area contributed by atoms with E-state index in [1.165, 1.54) is 4.90 Å². The Morgan fingerprint density at radius 1 is 1.15 bits per heavy atom. The highest BCUT2D eigenvalue weighted by molar-refractivity contribution is 6.30. The monoisotopic (exact) mass is 494 g/mol. The second kappa shape index (κ2) is 11.3. The van der Waals surface area contributed by atoms with Gasteiger partial charge in [-0.25, -0.2) is 0 Å². The highest BCUT2D eigenvalue weighted by Gasteiger charge is 2.48. The molecule has 0 aliphatic carbocycles. The number of primary amides is 1. The van der Waals surface area contributed by atoms with E-state index in [9.17, 15) is 19.8 Å². The maximum atomic E-state index is 13.6. The zero-order valence-electron chi connectivity index (χ0n) is 18.2. The molecule has 3 rings (SSSR count). The number of halogens is 2. The van der Waals surface area contributed by atoms with Crippen LogP contribution in [0.2, 0.25) is 10.0 Å². The lowest BCUT2D eigenvalue weighted by Gasteiger charge is -2.47. The van der Waals surface area contributed by atoms with Gasteiger partial charge in [0.05, 0.1) is 18.8 Å². The first-order valence-corrected chi connectivity index (χ1v) is 11.6. The number of benzene rings is 2. The largest absolute Gasteiger partial charge is 0.394 e. The molecule has 5 atom stereocenters. The van der Waals surface area contributed by atoms with E-state index in [0.717, 1.165) is 0 Å². The predicted octanol–water partition coefficient (Wildman–Crippen LogP) is 3.40. The Morgan fingerprint density at radius 3 is 2.42 bits per heavy atom. The number of nitrogens with zero attached hydrogens (tertiary/aromatic N) is 1. The molecule has 0 spiro atoms. The zero-order valence-corrected chi connectivity index (χ0v) is 19.7. The van der Waals surface area contributed by atoms with Crippen LogP contribution in [0, 0.1) is 0 Å². The van der Waals surface area contributed by atoms with Crippen molar-refractivity contribution < 1.29 is 24.5 Å². The van der Waals surface area contributed by atoms with Crippen molar-refractivity contribution in [3.05, 3.63) is 69.7 Å². The first-order valence-electron chi connectivity index (χ1n) is 10.8. The number of aliphatic hydroxyl groups is 2. The van der Waals surface area contributed by atoms with E-state index in [-0.39, 0.29) is 6.42 Å². The molecule has 1 aliphatic rings. The van der Waals surface area contributed by atoms with Gasteiger partial charge in [-0.3, -0.25) is 9.59 Å². The van der Waals surface area contributed by atoms with Crippen LogP contribution in [0.15, 0.2) is 48.5 Å². The normalized spacial score (nSPS) is 22.8. The predicted molar refractivity (Wildman–Crippen MR) is 126 cm³/mol. The van der Waals surface area contributed by atoms with E-state index >= 15 is 0 Å². The van der Waals surface area contributed by atoms with Crippen molar-refractivity contribution in [2.24, 2.45) is 5.73 Å². The lowest BCUT2D eigenvalue weighted by molar-refractivity contribution is -0.185. The summed E-state index contributed by atoms with van der Waals surface area (Å²) in [6.07, 6.45) is -2.10. The van der Waals surface area contributed by atoms with E-state index < -0.39 is 48.8 Å². The van der Waals surface area contributed by atoms with Crippen molar-refractivity contribution in [3.8, 4) is 0 Å². The standard InChI is InChI=1S/C24H28Cl2N2O5/c1-2-4-19(23(27)31)28-21(14-7-9-16(25)10-8-14)22(15-5-3-6-17(26)11-15)33-20(24(28)32)12-18(30)13-29/h3,5-11,18-22,29-30H,2,4,12-13H2,1H3,(H2,27,31)/t18-,19?,20+,21-,22+/m1/s1. The number of hydrogen-bond acceptors (Lipinski definition) is 5. The number of morpholine rings is 1. The van der Waals surface area contributed by atoms with Crippen LogP contribution in [0.1, 0.15) is 49.5 Å². The molecule has 7 nitrogen and oxygen atoms in total. The van der Waals surface area contributed by atoms with Gasteiger partial charge < -0.3 is 25.6 Å².